The highest BCUT2D eigenvalue weighted by atomic mass is 14.8. The van der Waals surface area contributed by atoms with Crippen LogP contribution in [0.5, 0.6) is 0 Å². The van der Waals surface area contributed by atoms with Crippen molar-refractivity contribution in [2.45, 2.75) is 39.5 Å². The summed E-state index contributed by atoms with van der Waals surface area (Å²) in [5.74, 6) is 0. The van der Waals surface area contributed by atoms with Crippen molar-refractivity contribution in [2.24, 2.45) is 4.99 Å². The van der Waals surface area contributed by atoms with Crippen LogP contribution in [0.4, 0.5) is 0 Å². The van der Waals surface area contributed by atoms with Gasteiger partial charge in [-0.25, -0.2) is 4.99 Å². The Hall–Kier alpha value is -1.59. The predicted molar refractivity (Wildman–Crippen MR) is 74.6 cm³/mol. The molecule has 17 heavy (non-hydrogen) atoms. The first-order valence-electron chi connectivity index (χ1n) is 6.40. The van der Waals surface area contributed by atoms with E-state index in [-0.39, 0.29) is 0 Å². The van der Waals surface area contributed by atoms with E-state index in [0.717, 1.165) is 18.5 Å². The maximum absolute atomic E-state index is 4.34. The van der Waals surface area contributed by atoms with Gasteiger partial charge >= 0.3 is 0 Å². The molecule has 0 amide bonds. The Morgan fingerprint density at radius 3 is 2.35 bits per heavy atom. The molecule has 0 aromatic heterocycles. The van der Waals surface area contributed by atoms with E-state index in [1.54, 1.807) is 0 Å². The molecule has 0 atom stereocenters. The van der Waals surface area contributed by atoms with E-state index in [9.17, 15) is 0 Å². The molecule has 1 aromatic carbocycles. The van der Waals surface area contributed by atoms with Crippen LogP contribution in [-0.2, 0) is 12.8 Å². The highest BCUT2D eigenvalue weighted by Crippen LogP contribution is 2.28. The van der Waals surface area contributed by atoms with Gasteiger partial charge in [-0.2, -0.15) is 0 Å². The number of fused-ring (bicyclic) bond motifs is 1. The van der Waals surface area contributed by atoms with Crippen molar-refractivity contribution in [3.63, 3.8) is 0 Å². The normalized spacial score (nSPS) is 12.7. The fourth-order valence-electron chi connectivity index (χ4n) is 2.37. The summed E-state index contributed by atoms with van der Waals surface area (Å²) >= 11 is 0. The number of aliphatic imine (C=N–C) groups is 1. The second kappa shape index (κ2) is 5.16. The van der Waals surface area contributed by atoms with Crippen LogP contribution in [0.1, 0.15) is 48.9 Å². The minimum atomic E-state index is 0.889. The third-order valence-corrected chi connectivity index (χ3v) is 3.17. The summed E-state index contributed by atoms with van der Waals surface area (Å²) in [5, 5.41) is 0. The van der Waals surface area contributed by atoms with E-state index in [1.165, 1.54) is 35.1 Å². The second-order valence-corrected chi connectivity index (χ2v) is 4.49. The van der Waals surface area contributed by atoms with Gasteiger partial charge in [0.15, 0.2) is 0 Å². The SMILES string of the molecule is C=C=C1N=Cc2cc(CCC)c(CCC)cc21. The lowest BCUT2D eigenvalue weighted by molar-refractivity contribution is 0.860. The van der Waals surface area contributed by atoms with E-state index < -0.39 is 0 Å². The molecule has 0 N–H and O–H groups in total. The van der Waals surface area contributed by atoms with Crippen LogP contribution in [0.2, 0.25) is 0 Å². The quantitative estimate of drug-likeness (QED) is 0.683. The summed E-state index contributed by atoms with van der Waals surface area (Å²) in [6, 6.07) is 4.57. The van der Waals surface area contributed by atoms with Crippen molar-refractivity contribution in [3.8, 4) is 0 Å². The summed E-state index contributed by atoms with van der Waals surface area (Å²) in [6.07, 6.45) is 6.61. The summed E-state index contributed by atoms with van der Waals surface area (Å²) in [7, 11) is 0. The molecule has 1 aromatic rings. The minimum Gasteiger partial charge on any atom is -0.247 e. The van der Waals surface area contributed by atoms with Gasteiger partial charge < -0.3 is 0 Å². The average molecular weight is 225 g/mol. The van der Waals surface area contributed by atoms with Crippen LogP contribution < -0.4 is 0 Å². The maximum Gasteiger partial charge on any atom is 0.112 e. The third-order valence-electron chi connectivity index (χ3n) is 3.17. The Bertz CT molecular complexity index is 503. The van der Waals surface area contributed by atoms with Crippen LogP contribution in [-0.4, -0.2) is 6.21 Å². The molecule has 0 spiro atoms. The third kappa shape index (κ3) is 2.25. The fourth-order valence-corrected chi connectivity index (χ4v) is 2.37. The van der Waals surface area contributed by atoms with Gasteiger partial charge in [-0.05, 0) is 36.1 Å². The highest BCUT2D eigenvalue weighted by molar-refractivity contribution is 5.97. The summed E-state index contributed by atoms with van der Waals surface area (Å²) < 4.78 is 0. The van der Waals surface area contributed by atoms with Crippen LogP contribution in [0.3, 0.4) is 0 Å². The van der Waals surface area contributed by atoms with E-state index in [0.29, 0.717) is 0 Å². The number of hydrogen-bond donors (Lipinski definition) is 0. The van der Waals surface area contributed by atoms with Gasteiger partial charge in [-0.15, -0.1) is 5.73 Å². The lowest BCUT2D eigenvalue weighted by Gasteiger charge is -2.10. The number of hydrogen-bond acceptors (Lipinski definition) is 1. The summed E-state index contributed by atoms with van der Waals surface area (Å²) in [4.78, 5) is 4.34. The molecule has 1 heteroatoms. The molecule has 0 bridgehead atoms. The van der Waals surface area contributed by atoms with Crippen molar-refractivity contribution in [2.75, 3.05) is 0 Å². The number of nitrogens with zero attached hydrogens (tertiary/aromatic N) is 1. The predicted octanol–water partition coefficient (Wildman–Crippen LogP) is 4.15. The Morgan fingerprint density at radius 1 is 1.12 bits per heavy atom. The zero-order valence-corrected chi connectivity index (χ0v) is 10.7. The lowest BCUT2D eigenvalue weighted by Crippen LogP contribution is -1.98. The Kier molecular flexibility index (Phi) is 3.61. The van der Waals surface area contributed by atoms with Crippen molar-refractivity contribution in [3.05, 3.63) is 46.7 Å². The molecule has 1 nitrogen and oxygen atoms in total. The zero-order valence-electron chi connectivity index (χ0n) is 10.7. The molecular weight excluding hydrogens is 206 g/mol. The molecule has 0 saturated heterocycles. The van der Waals surface area contributed by atoms with Gasteiger partial charge in [0.05, 0.1) is 0 Å². The largest absolute Gasteiger partial charge is 0.247 e. The van der Waals surface area contributed by atoms with Gasteiger partial charge in [0.2, 0.25) is 0 Å². The van der Waals surface area contributed by atoms with E-state index in [2.05, 4.69) is 43.3 Å². The molecule has 0 saturated carbocycles. The molecule has 0 aliphatic carbocycles. The topological polar surface area (TPSA) is 12.4 Å². The first kappa shape index (κ1) is 11.9. The smallest absolute Gasteiger partial charge is 0.112 e. The van der Waals surface area contributed by atoms with E-state index in [4.69, 9.17) is 0 Å². The van der Waals surface area contributed by atoms with Crippen LogP contribution in [0, 0.1) is 0 Å². The summed E-state index contributed by atoms with van der Waals surface area (Å²) in [5.41, 5.74) is 9.16. The molecule has 2 rings (SSSR count). The molecular formula is C16H19N. The fraction of sp³-hybridized carbons (Fsp3) is 0.375. The van der Waals surface area contributed by atoms with Gasteiger partial charge in [-0.1, -0.05) is 33.3 Å². The van der Waals surface area contributed by atoms with Crippen molar-refractivity contribution < 1.29 is 0 Å². The van der Waals surface area contributed by atoms with Crippen LogP contribution in [0.25, 0.3) is 5.70 Å². The standard InChI is InChI=1S/C16H19N/c1-4-7-12-9-14-11-17-16(6-3)15(14)10-13(12)8-5-2/h9-11H,3-5,7-8H2,1-2H3. The molecule has 1 heterocycles. The van der Waals surface area contributed by atoms with E-state index >= 15 is 0 Å². The number of rotatable bonds is 4. The molecule has 0 radical (unpaired) electrons. The number of aryl methyl sites for hydroxylation is 2. The molecule has 1 aliphatic rings. The Labute approximate surface area is 104 Å². The van der Waals surface area contributed by atoms with E-state index in [1.807, 2.05) is 6.21 Å². The maximum atomic E-state index is 4.34. The Balaban J connectivity index is 2.50. The van der Waals surface area contributed by atoms with Gasteiger partial charge in [-0.3, -0.25) is 0 Å². The monoisotopic (exact) mass is 225 g/mol. The molecule has 0 fully saturated rings. The Morgan fingerprint density at radius 2 is 1.76 bits per heavy atom. The minimum absolute atomic E-state index is 0.889. The summed E-state index contributed by atoms with van der Waals surface area (Å²) in [6.45, 7) is 8.15. The number of benzene rings is 1. The molecule has 0 unspecified atom stereocenters. The lowest BCUT2D eigenvalue weighted by atomic mass is 9.94. The van der Waals surface area contributed by atoms with Crippen LogP contribution in [0.15, 0.2) is 29.4 Å². The first-order chi connectivity index (χ1) is 8.30. The van der Waals surface area contributed by atoms with Gasteiger partial charge in [0, 0.05) is 17.3 Å². The highest BCUT2D eigenvalue weighted by Gasteiger charge is 2.14. The van der Waals surface area contributed by atoms with Crippen molar-refractivity contribution in [1.29, 1.82) is 0 Å². The molecule has 88 valence electrons. The van der Waals surface area contributed by atoms with Gasteiger partial charge in [0.1, 0.15) is 5.70 Å². The van der Waals surface area contributed by atoms with Crippen molar-refractivity contribution in [1.82, 2.24) is 0 Å². The zero-order chi connectivity index (χ0) is 12.3. The van der Waals surface area contributed by atoms with Crippen molar-refractivity contribution >= 4 is 11.9 Å². The van der Waals surface area contributed by atoms with Gasteiger partial charge in [0.25, 0.3) is 0 Å². The molecule has 1 aliphatic heterocycles. The average Bonchev–Trinajstić information content (AvgIpc) is 2.72. The van der Waals surface area contributed by atoms with Crippen LogP contribution >= 0.6 is 0 Å². The first-order valence-corrected chi connectivity index (χ1v) is 6.40. The second-order valence-electron chi connectivity index (χ2n) is 4.49.